The van der Waals surface area contributed by atoms with Gasteiger partial charge in [-0.1, -0.05) is 0 Å². The van der Waals surface area contributed by atoms with E-state index in [0.29, 0.717) is 11.6 Å². The van der Waals surface area contributed by atoms with Gasteiger partial charge in [0.1, 0.15) is 12.2 Å². The zero-order valence-corrected chi connectivity index (χ0v) is 16.2. The molecule has 2 amide bonds. The average molecular weight is 422 g/mol. The van der Waals surface area contributed by atoms with Crippen molar-refractivity contribution < 1.29 is 37.3 Å². The van der Waals surface area contributed by atoms with Crippen molar-refractivity contribution >= 4 is 17.5 Å². The lowest BCUT2D eigenvalue weighted by Crippen LogP contribution is -2.42. The van der Waals surface area contributed by atoms with E-state index in [0.717, 1.165) is 11.0 Å². The summed E-state index contributed by atoms with van der Waals surface area (Å²) in [4.78, 5) is 36.8. The maximum absolute atomic E-state index is 13.4. The monoisotopic (exact) mass is 422 g/mol. The number of hydrogen-bond acceptors (Lipinski definition) is 6. The second-order valence-electron chi connectivity index (χ2n) is 7.80. The number of hydrogen-bond donors (Lipinski definition) is 0. The number of amides is 2. The number of ether oxygens (including phenoxy) is 1. The number of nitriles is 1. The second-order valence-corrected chi connectivity index (χ2v) is 7.80. The number of benzene rings is 1. The first-order valence-electron chi connectivity index (χ1n) is 9.05. The highest BCUT2D eigenvalue weighted by atomic mass is 19.4. The zero-order chi connectivity index (χ0) is 22.1. The van der Waals surface area contributed by atoms with Crippen LogP contribution in [0.25, 0.3) is 0 Å². The van der Waals surface area contributed by atoms with Gasteiger partial charge in [0.25, 0.3) is 0 Å². The first kappa shape index (κ1) is 20.5. The summed E-state index contributed by atoms with van der Waals surface area (Å²) in [5.41, 5.74) is -3.66. The molecule has 7 nitrogen and oxygen atoms in total. The van der Waals surface area contributed by atoms with Gasteiger partial charge in [-0.05, 0) is 43.7 Å². The van der Waals surface area contributed by atoms with E-state index in [4.69, 9.17) is 14.9 Å². The van der Waals surface area contributed by atoms with Gasteiger partial charge in [-0.25, -0.2) is 14.7 Å². The molecule has 0 aromatic heterocycles. The average Bonchev–Trinajstić information content (AvgIpc) is 3.19. The van der Waals surface area contributed by atoms with Crippen LogP contribution in [0.2, 0.25) is 0 Å². The Labute approximate surface area is 169 Å². The van der Waals surface area contributed by atoms with Crippen LogP contribution in [-0.4, -0.2) is 36.7 Å². The van der Waals surface area contributed by atoms with Gasteiger partial charge >= 0.3 is 6.18 Å². The quantitative estimate of drug-likeness (QED) is 0.321. The first-order chi connectivity index (χ1) is 14.0. The van der Waals surface area contributed by atoms with Crippen molar-refractivity contribution in [1.82, 2.24) is 0 Å². The lowest BCUT2D eigenvalue weighted by atomic mass is 9.69. The number of nitrogens with zero attached hydrogens (tertiary/aromatic N) is 2. The van der Waals surface area contributed by atoms with Crippen LogP contribution < -0.4 is 4.90 Å². The molecule has 158 valence electrons. The van der Waals surface area contributed by atoms with Crippen LogP contribution in [0, 0.1) is 23.2 Å². The van der Waals surface area contributed by atoms with E-state index in [1.807, 2.05) is 0 Å². The lowest BCUT2D eigenvalue weighted by Gasteiger charge is -2.29. The van der Waals surface area contributed by atoms with Crippen molar-refractivity contribution in [1.29, 1.82) is 5.26 Å². The van der Waals surface area contributed by atoms with Gasteiger partial charge in [0, 0.05) is 0 Å². The van der Waals surface area contributed by atoms with E-state index >= 15 is 0 Å². The summed E-state index contributed by atoms with van der Waals surface area (Å²) in [5.74, 6) is -3.10. The Bertz CT molecular complexity index is 1030. The highest BCUT2D eigenvalue weighted by Crippen LogP contribution is 2.60. The van der Waals surface area contributed by atoms with Gasteiger partial charge in [0.2, 0.25) is 11.8 Å². The van der Waals surface area contributed by atoms with Crippen LogP contribution in [0.3, 0.4) is 0 Å². The number of imide groups is 1. The number of rotatable bonds is 4. The molecule has 3 heterocycles. The number of carbonyl (C=O) groups is 2. The molecule has 0 saturated carbocycles. The number of carbonyl (C=O) groups excluding carboxylic acids is 2. The van der Waals surface area contributed by atoms with Crippen molar-refractivity contribution in [3.05, 3.63) is 41.0 Å². The molecule has 3 aliphatic rings. The minimum Gasteiger partial charge on any atom is -0.359 e. The Hall–Kier alpha value is -2.74. The molecule has 2 unspecified atom stereocenters. The molecule has 4 atom stereocenters. The maximum Gasteiger partial charge on any atom is 0.417 e. The summed E-state index contributed by atoms with van der Waals surface area (Å²) in [6.45, 7) is 3.33. The van der Waals surface area contributed by atoms with Gasteiger partial charge in [-0.2, -0.15) is 18.4 Å². The maximum atomic E-state index is 13.4. The van der Waals surface area contributed by atoms with Crippen molar-refractivity contribution in [2.75, 3.05) is 18.6 Å². The fourth-order valence-corrected chi connectivity index (χ4v) is 4.82. The molecule has 1 aromatic rings. The smallest absolute Gasteiger partial charge is 0.359 e. The van der Waals surface area contributed by atoms with Crippen LogP contribution in [0.15, 0.2) is 29.8 Å². The number of anilines is 1. The van der Waals surface area contributed by atoms with Gasteiger partial charge in [0.15, 0.2) is 0 Å². The number of halogens is 3. The topological polar surface area (TPSA) is 88.9 Å². The Balaban J connectivity index is 1.76. The van der Waals surface area contributed by atoms with Crippen molar-refractivity contribution in [2.45, 2.75) is 31.2 Å². The van der Waals surface area contributed by atoms with Crippen LogP contribution in [0.5, 0.6) is 0 Å². The summed E-state index contributed by atoms with van der Waals surface area (Å²) < 4.78 is 46.1. The van der Waals surface area contributed by atoms with Crippen molar-refractivity contribution in [3.63, 3.8) is 0 Å². The second kappa shape index (κ2) is 6.38. The largest absolute Gasteiger partial charge is 0.417 e. The molecule has 0 aliphatic carbocycles. The van der Waals surface area contributed by atoms with E-state index < -0.39 is 52.2 Å². The van der Waals surface area contributed by atoms with Gasteiger partial charge in [-0.15, -0.1) is 0 Å². The molecule has 2 fully saturated rings. The molecule has 10 heteroatoms. The molecule has 1 aromatic carbocycles. The van der Waals surface area contributed by atoms with E-state index in [-0.39, 0.29) is 12.3 Å². The zero-order valence-electron chi connectivity index (χ0n) is 16.2. The molecule has 30 heavy (non-hydrogen) atoms. The fraction of sp³-hybridized carbons (Fsp3) is 0.450. The number of fused-ring (bicyclic) bond motifs is 5. The van der Waals surface area contributed by atoms with Crippen molar-refractivity contribution in [2.24, 2.45) is 11.8 Å². The molecular formula is C20H17F3N2O5. The first-order valence-corrected chi connectivity index (χ1v) is 9.05. The Kier molecular flexibility index (Phi) is 4.36. The van der Waals surface area contributed by atoms with Crippen LogP contribution in [0.4, 0.5) is 18.9 Å². The third-order valence-electron chi connectivity index (χ3n) is 6.07. The molecule has 2 saturated heterocycles. The minimum absolute atomic E-state index is 0.0162. The molecular weight excluding hydrogens is 405 g/mol. The van der Waals surface area contributed by atoms with Gasteiger partial charge in [-0.3, -0.25) is 9.59 Å². The Morgan fingerprint density at radius 2 is 1.90 bits per heavy atom. The SMILES string of the molecule is COOCC1=CC2(C)OC1(C)[C@@H]1C(=O)N(c3ccc(C#N)c(C(F)(F)F)c3)C(=O)[C@@H]12. The van der Waals surface area contributed by atoms with Crippen LogP contribution in [-0.2, 0) is 30.3 Å². The number of alkyl halides is 3. The van der Waals surface area contributed by atoms with E-state index in [9.17, 15) is 22.8 Å². The minimum atomic E-state index is -4.81. The molecule has 0 spiro atoms. The van der Waals surface area contributed by atoms with Gasteiger partial charge in [0.05, 0.1) is 47.4 Å². The summed E-state index contributed by atoms with van der Waals surface area (Å²) >= 11 is 0. The third kappa shape index (κ3) is 2.62. The summed E-state index contributed by atoms with van der Waals surface area (Å²) in [5, 5.41) is 8.98. The molecule has 2 bridgehead atoms. The predicted octanol–water partition coefficient (Wildman–Crippen LogP) is 2.75. The van der Waals surface area contributed by atoms with Crippen LogP contribution in [0.1, 0.15) is 25.0 Å². The van der Waals surface area contributed by atoms with Gasteiger partial charge < -0.3 is 4.74 Å². The molecule has 4 rings (SSSR count). The van der Waals surface area contributed by atoms with Crippen molar-refractivity contribution in [3.8, 4) is 6.07 Å². The summed E-state index contributed by atoms with van der Waals surface area (Å²) in [7, 11) is 1.33. The Morgan fingerprint density at radius 3 is 2.50 bits per heavy atom. The molecule has 0 N–H and O–H groups in total. The predicted molar refractivity (Wildman–Crippen MR) is 94.6 cm³/mol. The highest BCUT2D eigenvalue weighted by molar-refractivity contribution is 6.23. The molecule has 3 aliphatic heterocycles. The standard InChI is InChI=1S/C20H17F3N2O5/c1-18-7-11(9-29-28-3)19(2,30-18)15-14(18)16(26)25(17(15)27)12-5-4-10(8-24)13(6-12)20(21,22)23/h4-7,14-15H,9H2,1-3H3/t14-,15+,18?,19?/m1/s1. The summed E-state index contributed by atoms with van der Waals surface area (Å²) in [6, 6.07) is 4.26. The lowest BCUT2D eigenvalue weighted by molar-refractivity contribution is -0.267. The normalized spacial score (nSPS) is 32.4. The van der Waals surface area contributed by atoms with E-state index in [1.165, 1.54) is 19.2 Å². The summed E-state index contributed by atoms with van der Waals surface area (Å²) in [6.07, 6.45) is -3.10. The van der Waals surface area contributed by atoms with Crippen LogP contribution >= 0.6 is 0 Å². The highest BCUT2D eigenvalue weighted by Gasteiger charge is 2.72. The van der Waals surface area contributed by atoms with E-state index in [1.54, 1.807) is 19.9 Å². The molecule has 0 radical (unpaired) electrons. The Morgan fingerprint density at radius 1 is 1.23 bits per heavy atom. The third-order valence-corrected chi connectivity index (χ3v) is 6.07. The van der Waals surface area contributed by atoms with E-state index in [2.05, 4.69) is 4.89 Å². The fourth-order valence-electron chi connectivity index (χ4n) is 4.82.